The lowest BCUT2D eigenvalue weighted by Gasteiger charge is -2.36. The number of piperazine rings is 1. The van der Waals surface area contributed by atoms with E-state index in [1.54, 1.807) is 11.3 Å². The van der Waals surface area contributed by atoms with Crippen LogP contribution in [0.4, 0.5) is 10.8 Å². The second-order valence-corrected chi connectivity index (χ2v) is 5.53. The van der Waals surface area contributed by atoms with Gasteiger partial charge in [0.1, 0.15) is 0 Å². The molecular formula is C14H18N4S. The van der Waals surface area contributed by atoms with Crippen LogP contribution in [0.2, 0.25) is 0 Å². The van der Waals surface area contributed by atoms with Gasteiger partial charge < -0.3 is 15.5 Å². The van der Waals surface area contributed by atoms with E-state index in [-0.39, 0.29) is 0 Å². The lowest BCUT2D eigenvalue weighted by atomic mass is 10.2. The van der Waals surface area contributed by atoms with Gasteiger partial charge in [0.2, 0.25) is 0 Å². The second kappa shape index (κ2) is 5.59. The molecule has 1 aliphatic heterocycles. The van der Waals surface area contributed by atoms with Crippen molar-refractivity contribution >= 4 is 22.2 Å². The highest BCUT2D eigenvalue weighted by Crippen LogP contribution is 2.22. The van der Waals surface area contributed by atoms with Crippen LogP contribution in [0, 0.1) is 0 Å². The number of benzene rings is 1. The summed E-state index contributed by atoms with van der Waals surface area (Å²) in [4.78, 5) is 9.15. The number of rotatable bonds is 3. The van der Waals surface area contributed by atoms with E-state index < -0.39 is 0 Å². The second-order valence-electron chi connectivity index (χ2n) is 4.66. The molecule has 19 heavy (non-hydrogen) atoms. The van der Waals surface area contributed by atoms with E-state index in [1.807, 2.05) is 11.6 Å². The summed E-state index contributed by atoms with van der Waals surface area (Å²) in [6, 6.07) is 8.56. The van der Waals surface area contributed by atoms with Crippen molar-refractivity contribution in [2.24, 2.45) is 5.73 Å². The van der Waals surface area contributed by atoms with Gasteiger partial charge in [-0.3, -0.25) is 0 Å². The summed E-state index contributed by atoms with van der Waals surface area (Å²) in [5.41, 5.74) is 8.10. The predicted molar refractivity (Wildman–Crippen MR) is 80.9 cm³/mol. The fourth-order valence-electron chi connectivity index (χ4n) is 2.37. The van der Waals surface area contributed by atoms with Crippen LogP contribution in [0.5, 0.6) is 0 Å². The van der Waals surface area contributed by atoms with Crippen molar-refractivity contribution in [3.63, 3.8) is 0 Å². The lowest BCUT2D eigenvalue weighted by molar-refractivity contribution is 0.652. The third-order valence-corrected chi connectivity index (χ3v) is 4.34. The zero-order chi connectivity index (χ0) is 13.1. The summed E-state index contributed by atoms with van der Waals surface area (Å²) in [5, 5.41) is 3.17. The molecule has 0 aliphatic carbocycles. The number of hydrogen-bond acceptors (Lipinski definition) is 5. The van der Waals surface area contributed by atoms with Gasteiger partial charge in [0, 0.05) is 50.0 Å². The molecule has 4 nitrogen and oxygen atoms in total. The molecule has 0 bridgehead atoms. The summed E-state index contributed by atoms with van der Waals surface area (Å²) >= 11 is 1.71. The number of nitrogens with two attached hydrogens (primary N) is 1. The quantitative estimate of drug-likeness (QED) is 0.929. The van der Waals surface area contributed by atoms with Crippen LogP contribution >= 0.6 is 11.3 Å². The van der Waals surface area contributed by atoms with Gasteiger partial charge in [-0.15, -0.1) is 11.3 Å². The molecule has 1 saturated heterocycles. The van der Waals surface area contributed by atoms with E-state index in [4.69, 9.17) is 5.73 Å². The molecule has 0 amide bonds. The van der Waals surface area contributed by atoms with E-state index in [0.717, 1.165) is 31.3 Å². The Hall–Kier alpha value is -1.59. The Bertz CT molecular complexity index is 501. The summed E-state index contributed by atoms with van der Waals surface area (Å²) in [6.07, 6.45) is 1.87. The molecule has 2 aromatic rings. The fourth-order valence-corrected chi connectivity index (χ4v) is 3.07. The van der Waals surface area contributed by atoms with Crippen molar-refractivity contribution in [3.05, 3.63) is 41.4 Å². The molecule has 0 unspecified atom stereocenters. The maximum atomic E-state index is 5.62. The Kier molecular flexibility index (Phi) is 3.66. The number of nitrogens with zero attached hydrogens (tertiary/aromatic N) is 3. The average Bonchev–Trinajstić information content (AvgIpc) is 3.02. The van der Waals surface area contributed by atoms with Crippen molar-refractivity contribution < 1.29 is 0 Å². The van der Waals surface area contributed by atoms with Crippen LogP contribution in [-0.4, -0.2) is 31.2 Å². The lowest BCUT2D eigenvalue weighted by Crippen LogP contribution is -2.46. The maximum Gasteiger partial charge on any atom is 0.185 e. The zero-order valence-corrected chi connectivity index (χ0v) is 11.6. The molecular weight excluding hydrogens is 256 g/mol. The normalized spacial score (nSPS) is 15.8. The van der Waals surface area contributed by atoms with Crippen LogP contribution in [0.15, 0.2) is 35.8 Å². The van der Waals surface area contributed by atoms with Gasteiger partial charge in [-0.05, 0) is 17.7 Å². The van der Waals surface area contributed by atoms with Crippen LogP contribution < -0.4 is 15.5 Å². The summed E-state index contributed by atoms with van der Waals surface area (Å²) < 4.78 is 0. The van der Waals surface area contributed by atoms with Gasteiger partial charge in [-0.2, -0.15) is 0 Å². The SMILES string of the molecule is NCc1ccc(N2CCN(c3nccs3)CC2)cc1. The van der Waals surface area contributed by atoms with Crippen molar-refractivity contribution in [2.75, 3.05) is 36.0 Å². The highest BCUT2D eigenvalue weighted by atomic mass is 32.1. The van der Waals surface area contributed by atoms with Crippen LogP contribution in [-0.2, 0) is 6.54 Å². The zero-order valence-electron chi connectivity index (χ0n) is 10.8. The minimum atomic E-state index is 0.609. The van der Waals surface area contributed by atoms with Crippen molar-refractivity contribution in [2.45, 2.75) is 6.54 Å². The Balaban J connectivity index is 1.63. The van der Waals surface area contributed by atoms with Gasteiger partial charge in [0.05, 0.1) is 0 Å². The number of aromatic nitrogens is 1. The molecule has 1 aromatic heterocycles. The Morgan fingerprint density at radius 1 is 1.05 bits per heavy atom. The highest BCUT2D eigenvalue weighted by molar-refractivity contribution is 7.13. The smallest absolute Gasteiger partial charge is 0.185 e. The first kappa shape index (κ1) is 12.4. The van der Waals surface area contributed by atoms with Crippen LogP contribution in [0.1, 0.15) is 5.56 Å². The van der Waals surface area contributed by atoms with Gasteiger partial charge in [-0.25, -0.2) is 4.98 Å². The Morgan fingerprint density at radius 3 is 2.32 bits per heavy atom. The van der Waals surface area contributed by atoms with Crippen LogP contribution in [0.25, 0.3) is 0 Å². The van der Waals surface area contributed by atoms with Gasteiger partial charge >= 0.3 is 0 Å². The fraction of sp³-hybridized carbons (Fsp3) is 0.357. The molecule has 0 atom stereocenters. The minimum Gasteiger partial charge on any atom is -0.368 e. The van der Waals surface area contributed by atoms with Crippen molar-refractivity contribution in [1.29, 1.82) is 0 Å². The molecule has 5 heteroatoms. The van der Waals surface area contributed by atoms with E-state index in [2.05, 4.69) is 39.0 Å². The number of thiazole rings is 1. The van der Waals surface area contributed by atoms with Gasteiger partial charge in [0.25, 0.3) is 0 Å². The van der Waals surface area contributed by atoms with Crippen molar-refractivity contribution in [3.8, 4) is 0 Å². The standard InChI is InChI=1S/C14H18N4S/c15-11-12-1-3-13(4-2-12)17-6-8-18(9-7-17)14-16-5-10-19-14/h1-5,10H,6-9,11,15H2. The first-order valence-corrected chi connectivity index (χ1v) is 7.43. The summed E-state index contributed by atoms with van der Waals surface area (Å²) in [5.74, 6) is 0. The van der Waals surface area contributed by atoms with E-state index in [1.165, 1.54) is 11.3 Å². The average molecular weight is 274 g/mol. The third-order valence-electron chi connectivity index (χ3n) is 3.51. The molecule has 3 rings (SSSR count). The molecule has 0 radical (unpaired) electrons. The predicted octanol–water partition coefficient (Wildman–Crippen LogP) is 1.93. The van der Waals surface area contributed by atoms with Crippen molar-refractivity contribution in [1.82, 2.24) is 4.98 Å². The topological polar surface area (TPSA) is 45.4 Å². The Labute approximate surface area is 117 Å². The largest absolute Gasteiger partial charge is 0.368 e. The van der Waals surface area contributed by atoms with Crippen LogP contribution in [0.3, 0.4) is 0 Å². The van der Waals surface area contributed by atoms with Gasteiger partial charge in [0.15, 0.2) is 5.13 Å². The minimum absolute atomic E-state index is 0.609. The molecule has 1 fully saturated rings. The Morgan fingerprint density at radius 2 is 1.74 bits per heavy atom. The molecule has 2 heterocycles. The van der Waals surface area contributed by atoms with E-state index in [0.29, 0.717) is 6.54 Å². The molecule has 1 aromatic carbocycles. The number of hydrogen-bond donors (Lipinski definition) is 1. The monoisotopic (exact) mass is 274 g/mol. The summed E-state index contributed by atoms with van der Waals surface area (Å²) in [7, 11) is 0. The maximum absolute atomic E-state index is 5.62. The third kappa shape index (κ3) is 2.72. The first-order valence-electron chi connectivity index (χ1n) is 6.55. The molecule has 1 aliphatic rings. The molecule has 0 spiro atoms. The van der Waals surface area contributed by atoms with E-state index >= 15 is 0 Å². The molecule has 100 valence electrons. The molecule has 0 saturated carbocycles. The first-order chi connectivity index (χ1) is 9.36. The van der Waals surface area contributed by atoms with E-state index in [9.17, 15) is 0 Å². The van der Waals surface area contributed by atoms with Gasteiger partial charge in [-0.1, -0.05) is 12.1 Å². The highest BCUT2D eigenvalue weighted by Gasteiger charge is 2.18. The number of anilines is 2. The summed E-state index contributed by atoms with van der Waals surface area (Å²) in [6.45, 7) is 4.76. The molecule has 2 N–H and O–H groups in total.